The number of carbonyl (C=O) groups excluding carboxylic acids is 3. The second-order valence-corrected chi connectivity index (χ2v) is 12.3. The number of hydrogen-bond acceptors (Lipinski definition) is 9. The van der Waals surface area contributed by atoms with E-state index >= 15 is 4.39 Å². The summed E-state index contributed by atoms with van der Waals surface area (Å²) in [7, 11) is 0. The van der Waals surface area contributed by atoms with Crippen LogP contribution in [-0.2, 0) is 18.4 Å². The van der Waals surface area contributed by atoms with Crippen molar-refractivity contribution in [3.05, 3.63) is 101 Å². The number of aryl methyl sites for hydroxylation is 1. The van der Waals surface area contributed by atoms with Gasteiger partial charge >= 0.3 is 0 Å². The van der Waals surface area contributed by atoms with Crippen LogP contribution in [0.4, 0.5) is 4.39 Å². The quantitative estimate of drug-likeness (QED) is 0.163. The molecule has 0 unspecified atom stereocenters. The largest absolute Gasteiger partial charge is 0.338 e. The van der Waals surface area contributed by atoms with E-state index < -0.39 is 5.82 Å². The standard InChI is InChI=1S/C34H29FN8O4/c1-34(2,3)33-40-29(41-47-33)26(44)11-10-19-8-9-20(16-25(19)35)22-12-13-36-30-27(22)38-28(39-30)21-17-37-42(18-21)14-15-43-31(45)23-6-4-5-7-24(23)32(43)46/h4-9,12-13,16-18H,10-11,14-15H2,1-3H3,(H,36,38,39). The van der Waals surface area contributed by atoms with Crippen molar-refractivity contribution in [3.63, 3.8) is 0 Å². The summed E-state index contributed by atoms with van der Waals surface area (Å²) in [6.45, 7) is 6.20. The Kier molecular flexibility index (Phi) is 7.30. The molecule has 0 bridgehead atoms. The van der Waals surface area contributed by atoms with Gasteiger partial charge in [-0.25, -0.2) is 14.4 Å². The maximum atomic E-state index is 15.3. The number of amides is 2. The summed E-state index contributed by atoms with van der Waals surface area (Å²) in [4.78, 5) is 55.7. The molecule has 1 aliphatic heterocycles. The number of imidazole rings is 1. The summed E-state index contributed by atoms with van der Waals surface area (Å²) in [6.07, 6.45) is 5.23. The zero-order valence-corrected chi connectivity index (χ0v) is 25.8. The van der Waals surface area contributed by atoms with Crippen LogP contribution in [0.2, 0.25) is 0 Å². The number of halogens is 1. The molecule has 1 aliphatic rings. The number of nitrogens with one attached hydrogen (secondary N) is 1. The van der Waals surface area contributed by atoms with Gasteiger partial charge in [-0.05, 0) is 41.8 Å². The molecule has 4 aromatic heterocycles. The van der Waals surface area contributed by atoms with Crippen molar-refractivity contribution < 1.29 is 23.3 Å². The minimum absolute atomic E-state index is 0.00510. The van der Waals surface area contributed by atoms with E-state index in [1.54, 1.807) is 65.7 Å². The summed E-state index contributed by atoms with van der Waals surface area (Å²) < 4.78 is 22.1. The molecule has 7 rings (SSSR count). The minimum atomic E-state index is -0.442. The molecule has 0 radical (unpaired) electrons. The van der Waals surface area contributed by atoms with E-state index in [-0.39, 0.29) is 48.2 Å². The number of Topliss-reactive ketones (excluding diaryl/α,β-unsaturated/α-hetero) is 1. The number of fused-ring (bicyclic) bond motifs is 2. The van der Waals surface area contributed by atoms with Crippen molar-refractivity contribution in [1.29, 1.82) is 0 Å². The normalized spacial score (nSPS) is 13.1. The lowest BCUT2D eigenvalue weighted by molar-refractivity contribution is 0.0647. The van der Waals surface area contributed by atoms with Crippen LogP contribution < -0.4 is 0 Å². The van der Waals surface area contributed by atoms with Gasteiger partial charge in [-0.3, -0.25) is 24.0 Å². The molecule has 0 aliphatic carbocycles. The molecule has 2 aromatic carbocycles. The lowest BCUT2D eigenvalue weighted by Gasteiger charge is -2.13. The number of hydrogen-bond donors (Lipinski definition) is 1. The topological polar surface area (TPSA) is 153 Å². The summed E-state index contributed by atoms with van der Waals surface area (Å²) in [6, 6.07) is 13.4. The van der Waals surface area contributed by atoms with Crippen LogP contribution in [0.15, 0.2) is 71.6 Å². The first kappa shape index (κ1) is 29.8. The molecule has 12 nitrogen and oxygen atoms in total. The average molecular weight is 633 g/mol. The van der Waals surface area contributed by atoms with Crippen LogP contribution in [0.5, 0.6) is 0 Å². The monoisotopic (exact) mass is 632 g/mol. The lowest BCUT2D eigenvalue weighted by Crippen LogP contribution is -2.33. The minimum Gasteiger partial charge on any atom is -0.338 e. The van der Waals surface area contributed by atoms with Gasteiger partial charge in [0.05, 0.1) is 34.9 Å². The zero-order chi connectivity index (χ0) is 32.9. The fourth-order valence-corrected chi connectivity index (χ4v) is 5.46. The van der Waals surface area contributed by atoms with Gasteiger partial charge in [0.25, 0.3) is 11.8 Å². The summed E-state index contributed by atoms with van der Waals surface area (Å²) in [5.41, 5.74) is 3.89. The van der Waals surface area contributed by atoms with Gasteiger partial charge in [0.2, 0.25) is 17.5 Å². The van der Waals surface area contributed by atoms with Crippen molar-refractivity contribution in [2.75, 3.05) is 6.54 Å². The van der Waals surface area contributed by atoms with E-state index in [4.69, 9.17) is 4.52 Å². The van der Waals surface area contributed by atoms with Crippen LogP contribution in [0.3, 0.4) is 0 Å². The number of H-pyrrole nitrogens is 1. The Bertz CT molecular complexity index is 2160. The predicted octanol–water partition coefficient (Wildman–Crippen LogP) is 5.42. The highest BCUT2D eigenvalue weighted by Crippen LogP contribution is 2.30. The summed E-state index contributed by atoms with van der Waals surface area (Å²) in [5.74, 6) is -0.511. The van der Waals surface area contributed by atoms with Gasteiger partial charge in [-0.1, -0.05) is 50.2 Å². The molecular formula is C34H29FN8O4. The van der Waals surface area contributed by atoms with E-state index in [2.05, 4.69) is 30.2 Å². The fraction of sp³-hybridized carbons (Fsp3) is 0.235. The molecule has 0 saturated heterocycles. The molecule has 2 amide bonds. The highest BCUT2D eigenvalue weighted by Gasteiger charge is 2.34. The Morgan fingerprint density at radius 2 is 1.72 bits per heavy atom. The predicted molar refractivity (Wildman–Crippen MR) is 168 cm³/mol. The van der Waals surface area contributed by atoms with Crippen LogP contribution in [-0.4, -0.2) is 63.9 Å². The number of benzene rings is 2. The number of pyridine rings is 1. The molecule has 0 saturated carbocycles. The van der Waals surface area contributed by atoms with Crippen LogP contribution in [0, 0.1) is 5.82 Å². The Hall–Kier alpha value is -5.85. The Labute approximate surface area is 267 Å². The molecule has 5 heterocycles. The highest BCUT2D eigenvalue weighted by molar-refractivity contribution is 6.21. The zero-order valence-electron chi connectivity index (χ0n) is 25.8. The smallest absolute Gasteiger partial charge is 0.261 e. The van der Waals surface area contributed by atoms with Crippen LogP contribution in [0.25, 0.3) is 33.7 Å². The third-order valence-corrected chi connectivity index (χ3v) is 8.03. The summed E-state index contributed by atoms with van der Waals surface area (Å²) >= 11 is 0. The highest BCUT2D eigenvalue weighted by atomic mass is 19.1. The number of ketones is 1. The van der Waals surface area contributed by atoms with Crippen molar-refractivity contribution in [2.24, 2.45) is 0 Å². The summed E-state index contributed by atoms with van der Waals surface area (Å²) in [5, 5.41) is 8.17. The molecule has 13 heteroatoms. The van der Waals surface area contributed by atoms with E-state index in [1.165, 1.54) is 11.0 Å². The molecule has 6 aromatic rings. The fourth-order valence-electron chi connectivity index (χ4n) is 5.46. The number of nitrogens with zero attached hydrogens (tertiary/aromatic N) is 7. The van der Waals surface area contributed by atoms with Crippen molar-refractivity contribution >= 4 is 28.8 Å². The SMILES string of the molecule is CC(C)(C)c1nc(C(=O)CCc2ccc(-c3ccnc4nc(-c5cnn(CCN6C(=O)c7ccccc7C6=O)c5)[nH]c34)cc2F)no1. The molecular weight excluding hydrogens is 603 g/mol. The number of aromatic nitrogens is 7. The molecule has 0 atom stereocenters. The molecule has 0 fully saturated rings. The van der Waals surface area contributed by atoms with Crippen molar-refractivity contribution in [2.45, 2.75) is 45.6 Å². The van der Waals surface area contributed by atoms with Crippen LogP contribution in [0.1, 0.15) is 70.0 Å². The second-order valence-electron chi connectivity index (χ2n) is 12.3. The van der Waals surface area contributed by atoms with E-state index in [1.807, 2.05) is 20.8 Å². The third-order valence-electron chi connectivity index (χ3n) is 8.03. The van der Waals surface area contributed by atoms with Gasteiger partial charge in [0, 0.05) is 36.3 Å². The Balaban J connectivity index is 1.04. The first-order valence-electron chi connectivity index (χ1n) is 15.1. The van der Waals surface area contributed by atoms with Crippen molar-refractivity contribution in [3.8, 4) is 22.5 Å². The Morgan fingerprint density at radius 1 is 0.957 bits per heavy atom. The van der Waals surface area contributed by atoms with E-state index in [0.29, 0.717) is 62.8 Å². The maximum absolute atomic E-state index is 15.3. The maximum Gasteiger partial charge on any atom is 0.261 e. The Morgan fingerprint density at radius 3 is 2.43 bits per heavy atom. The first-order chi connectivity index (χ1) is 22.6. The number of rotatable bonds is 9. The number of carbonyl (C=O) groups is 3. The van der Waals surface area contributed by atoms with Gasteiger partial charge < -0.3 is 9.51 Å². The molecule has 236 valence electrons. The third kappa shape index (κ3) is 5.60. The number of imide groups is 1. The first-order valence-corrected chi connectivity index (χ1v) is 15.1. The molecule has 47 heavy (non-hydrogen) atoms. The van der Waals surface area contributed by atoms with Crippen molar-refractivity contribution in [1.82, 2.24) is 39.8 Å². The second kappa shape index (κ2) is 11.5. The lowest BCUT2D eigenvalue weighted by atomic mass is 9.97. The van der Waals surface area contributed by atoms with E-state index in [9.17, 15) is 14.4 Å². The van der Waals surface area contributed by atoms with Crippen LogP contribution >= 0.6 is 0 Å². The van der Waals surface area contributed by atoms with Gasteiger partial charge in [-0.15, -0.1) is 0 Å². The number of aromatic amines is 1. The van der Waals surface area contributed by atoms with Gasteiger partial charge in [0.1, 0.15) is 11.6 Å². The molecule has 1 N–H and O–H groups in total. The van der Waals surface area contributed by atoms with Gasteiger partial charge in [0.15, 0.2) is 5.65 Å². The van der Waals surface area contributed by atoms with Gasteiger partial charge in [-0.2, -0.15) is 10.1 Å². The van der Waals surface area contributed by atoms with E-state index in [0.717, 1.165) is 0 Å². The molecule has 0 spiro atoms. The average Bonchev–Trinajstić information content (AvgIpc) is 3.86.